The quantitative estimate of drug-likeness (QED) is 0.791. The summed E-state index contributed by atoms with van der Waals surface area (Å²) in [7, 11) is 0. The van der Waals surface area contributed by atoms with Crippen LogP contribution in [0.1, 0.15) is 38.2 Å². The monoisotopic (exact) mass is 282 g/mol. The van der Waals surface area contributed by atoms with E-state index in [0.29, 0.717) is 6.10 Å². The average molecular weight is 283 g/mol. The van der Waals surface area contributed by atoms with Gasteiger partial charge in [0.05, 0.1) is 12.7 Å². The van der Waals surface area contributed by atoms with E-state index in [2.05, 4.69) is 47.1 Å². The maximum Gasteiger partial charge on any atom is 0.0720 e. The highest BCUT2D eigenvalue weighted by Gasteiger charge is 2.18. The Morgan fingerprint density at radius 1 is 1.12 bits per heavy atom. The molecular weight excluding hydrogens is 264 g/mol. The van der Waals surface area contributed by atoms with Crippen LogP contribution in [-0.4, -0.2) is 6.10 Å². The molecule has 1 aromatic rings. The van der Waals surface area contributed by atoms with Crippen LogP contribution < -0.4 is 0 Å². The molecule has 1 aliphatic carbocycles. The molecule has 2 heteroatoms. The van der Waals surface area contributed by atoms with E-state index in [-0.39, 0.29) is 0 Å². The van der Waals surface area contributed by atoms with E-state index in [1.54, 1.807) is 0 Å². The van der Waals surface area contributed by atoms with Crippen molar-refractivity contribution >= 4 is 15.9 Å². The lowest BCUT2D eigenvalue weighted by Crippen LogP contribution is -2.20. The molecule has 1 aromatic carbocycles. The van der Waals surface area contributed by atoms with Crippen molar-refractivity contribution in [3.8, 4) is 0 Å². The number of benzene rings is 1. The maximum atomic E-state index is 5.94. The van der Waals surface area contributed by atoms with Crippen LogP contribution in [0, 0.1) is 5.92 Å². The van der Waals surface area contributed by atoms with Crippen LogP contribution in [-0.2, 0) is 11.3 Å². The SMILES string of the molecule is CC1CCC(OCc2ccc(Br)cc2)CC1. The maximum absolute atomic E-state index is 5.94. The Balaban J connectivity index is 1.77. The van der Waals surface area contributed by atoms with Gasteiger partial charge in [0, 0.05) is 4.47 Å². The first-order valence-electron chi connectivity index (χ1n) is 6.10. The van der Waals surface area contributed by atoms with Crippen LogP contribution in [0.5, 0.6) is 0 Å². The van der Waals surface area contributed by atoms with Crippen molar-refractivity contribution < 1.29 is 4.74 Å². The Morgan fingerprint density at radius 2 is 1.75 bits per heavy atom. The Kier molecular flexibility index (Phi) is 4.42. The zero-order chi connectivity index (χ0) is 11.4. The van der Waals surface area contributed by atoms with Crippen molar-refractivity contribution in [3.63, 3.8) is 0 Å². The van der Waals surface area contributed by atoms with Crippen LogP contribution >= 0.6 is 15.9 Å². The van der Waals surface area contributed by atoms with Gasteiger partial charge < -0.3 is 4.74 Å². The summed E-state index contributed by atoms with van der Waals surface area (Å²) in [6, 6.07) is 8.38. The van der Waals surface area contributed by atoms with Crippen molar-refractivity contribution in [1.82, 2.24) is 0 Å². The second-order valence-electron chi connectivity index (χ2n) is 4.82. The third-order valence-corrected chi connectivity index (χ3v) is 3.89. The molecule has 0 bridgehead atoms. The summed E-state index contributed by atoms with van der Waals surface area (Å²) in [6.07, 6.45) is 5.60. The normalized spacial score (nSPS) is 25.6. The van der Waals surface area contributed by atoms with Crippen molar-refractivity contribution in [3.05, 3.63) is 34.3 Å². The number of ether oxygens (including phenoxy) is 1. The number of halogens is 1. The number of hydrogen-bond donors (Lipinski definition) is 0. The molecule has 0 radical (unpaired) electrons. The average Bonchev–Trinajstić information content (AvgIpc) is 2.30. The molecule has 2 rings (SSSR count). The zero-order valence-electron chi connectivity index (χ0n) is 9.79. The van der Waals surface area contributed by atoms with Gasteiger partial charge in [0.2, 0.25) is 0 Å². The third kappa shape index (κ3) is 3.60. The van der Waals surface area contributed by atoms with Crippen molar-refractivity contribution in [2.24, 2.45) is 5.92 Å². The molecule has 88 valence electrons. The lowest BCUT2D eigenvalue weighted by molar-refractivity contribution is 0.00877. The Bertz CT molecular complexity index is 312. The van der Waals surface area contributed by atoms with Gasteiger partial charge in [-0.15, -0.1) is 0 Å². The molecule has 0 aromatic heterocycles. The first-order valence-corrected chi connectivity index (χ1v) is 6.89. The standard InChI is InChI=1S/C14H19BrO/c1-11-2-8-14(9-3-11)16-10-12-4-6-13(15)7-5-12/h4-7,11,14H,2-3,8-10H2,1H3. The predicted octanol–water partition coefficient (Wildman–Crippen LogP) is 4.54. The minimum atomic E-state index is 0.486. The summed E-state index contributed by atoms with van der Waals surface area (Å²) in [5.41, 5.74) is 1.27. The lowest BCUT2D eigenvalue weighted by atomic mass is 9.89. The predicted molar refractivity (Wildman–Crippen MR) is 70.4 cm³/mol. The first kappa shape index (κ1) is 12.1. The summed E-state index contributed by atoms with van der Waals surface area (Å²) in [5.74, 6) is 0.896. The molecule has 0 N–H and O–H groups in total. The zero-order valence-corrected chi connectivity index (χ0v) is 11.4. The van der Waals surface area contributed by atoms with Crippen LogP contribution in [0.3, 0.4) is 0 Å². The van der Waals surface area contributed by atoms with Gasteiger partial charge in [0.25, 0.3) is 0 Å². The van der Waals surface area contributed by atoms with Gasteiger partial charge in [-0.2, -0.15) is 0 Å². The van der Waals surface area contributed by atoms with Gasteiger partial charge in [-0.3, -0.25) is 0 Å². The van der Waals surface area contributed by atoms with Crippen LogP contribution in [0.2, 0.25) is 0 Å². The van der Waals surface area contributed by atoms with Gasteiger partial charge in [0.15, 0.2) is 0 Å². The van der Waals surface area contributed by atoms with Gasteiger partial charge >= 0.3 is 0 Å². The fourth-order valence-electron chi connectivity index (χ4n) is 2.19. The topological polar surface area (TPSA) is 9.23 Å². The molecule has 0 aliphatic heterocycles. The number of hydrogen-bond acceptors (Lipinski definition) is 1. The fourth-order valence-corrected chi connectivity index (χ4v) is 2.46. The van der Waals surface area contributed by atoms with E-state index >= 15 is 0 Å². The molecule has 0 heterocycles. The first-order chi connectivity index (χ1) is 7.74. The second-order valence-corrected chi connectivity index (χ2v) is 5.74. The fraction of sp³-hybridized carbons (Fsp3) is 0.571. The molecule has 1 saturated carbocycles. The minimum absolute atomic E-state index is 0.486. The Morgan fingerprint density at radius 3 is 2.38 bits per heavy atom. The molecule has 1 fully saturated rings. The Hall–Kier alpha value is -0.340. The van der Waals surface area contributed by atoms with E-state index in [4.69, 9.17) is 4.74 Å². The van der Waals surface area contributed by atoms with E-state index in [9.17, 15) is 0 Å². The van der Waals surface area contributed by atoms with Gasteiger partial charge in [-0.05, 0) is 49.3 Å². The van der Waals surface area contributed by atoms with Crippen LogP contribution in [0.15, 0.2) is 28.7 Å². The molecule has 1 nitrogen and oxygen atoms in total. The van der Waals surface area contributed by atoms with Gasteiger partial charge in [-0.1, -0.05) is 35.0 Å². The molecule has 1 aliphatic rings. The van der Waals surface area contributed by atoms with Gasteiger partial charge in [-0.25, -0.2) is 0 Å². The van der Waals surface area contributed by atoms with Gasteiger partial charge in [0.1, 0.15) is 0 Å². The minimum Gasteiger partial charge on any atom is -0.374 e. The van der Waals surface area contributed by atoms with Crippen LogP contribution in [0.25, 0.3) is 0 Å². The summed E-state index contributed by atoms with van der Waals surface area (Å²) >= 11 is 3.44. The van der Waals surface area contributed by atoms with Crippen LogP contribution in [0.4, 0.5) is 0 Å². The summed E-state index contributed by atoms with van der Waals surface area (Å²) < 4.78 is 7.07. The molecule has 0 atom stereocenters. The summed E-state index contributed by atoms with van der Waals surface area (Å²) in [6.45, 7) is 3.09. The smallest absolute Gasteiger partial charge is 0.0720 e. The highest BCUT2D eigenvalue weighted by Crippen LogP contribution is 2.26. The molecule has 0 amide bonds. The molecule has 0 saturated heterocycles. The summed E-state index contributed by atoms with van der Waals surface area (Å²) in [5, 5.41) is 0. The van der Waals surface area contributed by atoms with Crippen molar-refractivity contribution in [2.45, 2.75) is 45.3 Å². The highest BCUT2D eigenvalue weighted by molar-refractivity contribution is 9.10. The van der Waals surface area contributed by atoms with E-state index in [1.807, 2.05) is 0 Å². The highest BCUT2D eigenvalue weighted by atomic mass is 79.9. The lowest BCUT2D eigenvalue weighted by Gasteiger charge is -2.26. The second kappa shape index (κ2) is 5.83. The van der Waals surface area contributed by atoms with E-state index in [0.717, 1.165) is 17.0 Å². The largest absolute Gasteiger partial charge is 0.374 e. The van der Waals surface area contributed by atoms with E-state index in [1.165, 1.54) is 31.2 Å². The molecular formula is C14H19BrO. The Labute approximate surface area is 106 Å². The van der Waals surface area contributed by atoms with E-state index < -0.39 is 0 Å². The summed E-state index contributed by atoms with van der Waals surface area (Å²) in [4.78, 5) is 0. The molecule has 0 unspecified atom stereocenters. The molecule has 0 spiro atoms. The number of rotatable bonds is 3. The van der Waals surface area contributed by atoms with Crippen molar-refractivity contribution in [2.75, 3.05) is 0 Å². The third-order valence-electron chi connectivity index (χ3n) is 3.36. The molecule has 16 heavy (non-hydrogen) atoms. The van der Waals surface area contributed by atoms with Crippen molar-refractivity contribution in [1.29, 1.82) is 0 Å².